The summed E-state index contributed by atoms with van der Waals surface area (Å²) in [6.45, 7) is 7.99. The van der Waals surface area contributed by atoms with Crippen LogP contribution >= 0.6 is 0 Å². The van der Waals surface area contributed by atoms with E-state index in [4.69, 9.17) is 9.26 Å². The Kier molecular flexibility index (Phi) is 5.41. The Morgan fingerprint density at radius 1 is 1.22 bits per heavy atom. The molecular formula is C18H25N3O2. The number of likely N-dealkylation sites (tertiary alicyclic amines) is 1. The van der Waals surface area contributed by atoms with E-state index in [9.17, 15) is 0 Å². The maximum atomic E-state index is 5.93. The van der Waals surface area contributed by atoms with Crippen molar-refractivity contribution >= 4 is 0 Å². The number of rotatable bonds is 6. The van der Waals surface area contributed by atoms with Gasteiger partial charge in [0, 0.05) is 25.3 Å². The summed E-state index contributed by atoms with van der Waals surface area (Å²) >= 11 is 0. The molecule has 0 saturated carbocycles. The van der Waals surface area contributed by atoms with Crippen molar-refractivity contribution in [3.8, 4) is 11.4 Å². The normalized spacial score (nSPS) is 17.0. The molecule has 0 unspecified atom stereocenters. The first-order chi connectivity index (χ1) is 11.2. The van der Waals surface area contributed by atoms with Crippen molar-refractivity contribution in [1.29, 1.82) is 0 Å². The van der Waals surface area contributed by atoms with E-state index >= 15 is 0 Å². The summed E-state index contributed by atoms with van der Waals surface area (Å²) in [5, 5.41) is 4.08. The van der Waals surface area contributed by atoms with Crippen LogP contribution in [-0.4, -0.2) is 40.8 Å². The van der Waals surface area contributed by atoms with E-state index in [0.717, 1.165) is 44.6 Å². The quantitative estimate of drug-likeness (QED) is 0.818. The van der Waals surface area contributed by atoms with Crippen LogP contribution < -0.4 is 0 Å². The van der Waals surface area contributed by atoms with Gasteiger partial charge in [-0.2, -0.15) is 4.98 Å². The number of benzene rings is 1. The Hall–Kier alpha value is -1.72. The lowest BCUT2D eigenvalue weighted by Gasteiger charge is -2.31. The van der Waals surface area contributed by atoms with Crippen LogP contribution in [0.2, 0.25) is 0 Å². The fraction of sp³-hybridized carbons (Fsp3) is 0.556. The van der Waals surface area contributed by atoms with Crippen LogP contribution in [0.25, 0.3) is 11.4 Å². The molecule has 5 nitrogen and oxygen atoms in total. The Bertz CT molecular complexity index is 589. The van der Waals surface area contributed by atoms with Crippen LogP contribution in [-0.2, 0) is 11.3 Å². The van der Waals surface area contributed by atoms with Crippen molar-refractivity contribution in [3.63, 3.8) is 0 Å². The number of ether oxygens (including phenoxy) is 1. The number of hydrogen-bond acceptors (Lipinski definition) is 5. The molecule has 23 heavy (non-hydrogen) atoms. The van der Waals surface area contributed by atoms with Crippen molar-refractivity contribution in [2.45, 2.75) is 39.3 Å². The number of hydrogen-bond donors (Lipinski definition) is 0. The summed E-state index contributed by atoms with van der Waals surface area (Å²) in [5.41, 5.74) is 0.989. The summed E-state index contributed by atoms with van der Waals surface area (Å²) in [4.78, 5) is 6.86. The Morgan fingerprint density at radius 2 is 1.96 bits per heavy atom. The topological polar surface area (TPSA) is 51.4 Å². The van der Waals surface area contributed by atoms with Gasteiger partial charge in [-0.3, -0.25) is 4.90 Å². The van der Waals surface area contributed by atoms with Gasteiger partial charge in [-0.05, 0) is 18.8 Å². The molecule has 2 aromatic rings. The van der Waals surface area contributed by atoms with Crippen LogP contribution in [0.4, 0.5) is 0 Å². The molecule has 3 rings (SSSR count). The summed E-state index contributed by atoms with van der Waals surface area (Å²) in [6.07, 6.45) is 2.55. The van der Waals surface area contributed by atoms with Gasteiger partial charge in [0.1, 0.15) is 0 Å². The summed E-state index contributed by atoms with van der Waals surface area (Å²) < 4.78 is 11.3. The van der Waals surface area contributed by atoms with E-state index in [1.54, 1.807) is 0 Å². The van der Waals surface area contributed by atoms with Crippen LogP contribution in [0.1, 0.15) is 32.6 Å². The van der Waals surface area contributed by atoms with Crippen LogP contribution in [0.15, 0.2) is 34.9 Å². The highest BCUT2D eigenvalue weighted by atomic mass is 16.5. The number of aromatic nitrogens is 2. The largest absolute Gasteiger partial charge is 0.378 e. The van der Waals surface area contributed by atoms with Gasteiger partial charge in [-0.15, -0.1) is 0 Å². The lowest BCUT2D eigenvalue weighted by molar-refractivity contribution is -0.00736. The Labute approximate surface area is 137 Å². The molecule has 0 bridgehead atoms. The molecule has 1 aromatic heterocycles. The first-order valence-corrected chi connectivity index (χ1v) is 8.42. The van der Waals surface area contributed by atoms with Crippen molar-refractivity contribution in [2.75, 3.05) is 19.7 Å². The molecule has 0 atom stereocenters. The molecule has 0 amide bonds. The fourth-order valence-corrected chi connectivity index (χ4v) is 2.78. The maximum absolute atomic E-state index is 5.93. The molecule has 1 aliphatic heterocycles. The summed E-state index contributed by atoms with van der Waals surface area (Å²) in [7, 11) is 0. The smallest absolute Gasteiger partial charge is 0.241 e. The zero-order chi connectivity index (χ0) is 16.1. The third-order valence-electron chi connectivity index (χ3n) is 4.06. The highest BCUT2D eigenvalue weighted by molar-refractivity contribution is 5.53. The highest BCUT2D eigenvalue weighted by Gasteiger charge is 2.21. The van der Waals surface area contributed by atoms with Gasteiger partial charge in [0.25, 0.3) is 0 Å². The predicted octanol–water partition coefficient (Wildman–Crippen LogP) is 3.37. The molecule has 2 heterocycles. The van der Waals surface area contributed by atoms with E-state index in [1.165, 1.54) is 0 Å². The third-order valence-corrected chi connectivity index (χ3v) is 4.06. The van der Waals surface area contributed by atoms with Gasteiger partial charge in [-0.25, -0.2) is 0 Å². The average Bonchev–Trinajstić information content (AvgIpc) is 3.03. The van der Waals surface area contributed by atoms with Crippen molar-refractivity contribution in [1.82, 2.24) is 15.0 Å². The minimum Gasteiger partial charge on any atom is -0.378 e. The number of nitrogens with zero attached hydrogens (tertiary/aromatic N) is 3. The van der Waals surface area contributed by atoms with Gasteiger partial charge >= 0.3 is 0 Å². The predicted molar refractivity (Wildman–Crippen MR) is 88.8 cm³/mol. The molecule has 0 radical (unpaired) electrons. The Balaban J connectivity index is 1.49. The van der Waals surface area contributed by atoms with E-state index in [2.05, 4.69) is 28.9 Å². The highest BCUT2D eigenvalue weighted by Crippen LogP contribution is 2.19. The minimum atomic E-state index is 0.399. The zero-order valence-electron chi connectivity index (χ0n) is 13.9. The summed E-state index contributed by atoms with van der Waals surface area (Å²) in [6, 6.07) is 9.93. The molecule has 1 fully saturated rings. The third kappa shape index (κ3) is 4.62. The molecule has 0 spiro atoms. The first-order valence-electron chi connectivity index (χ1n) is 8.42. The van der Waals surface area contributed by atoms with Crippen LogP contribution in [0.5, 0.6) is 0 Å². The van der Waals surface area contributed by atoms with E-state index in [-0.39, 0.29) is 0 Å². The van der Waals surface area contributed by atoms with E-state index < -0.39 is 0 Å². The molecule has 1 saturated heterocycles. The molecule has 1 aromatic carbocycles. The van der Waals surface area contributed by atoms with E-state index in [0.29, 0.717) is 23.7 Å². The van der Waals surface area contributed by atoms with Gasteiger partial charge in [0.2, 0.25) is 11.7 Å². The summed E-state index contributed by atoms with van der Waals surface area (Å²) in [5.74, 6) is 1.95. The van der Waals surface area contributed by atoms with Gasteiger partial charge < -0.3 is 9.26 Å². The van der Waals surface area contributed by atoms with Crippen LogP contribution in [0, 0.1) is 5.92 Å². The molecule has 5 heteroatoms. The second-order valence-corrected chi connectivity index (χ2v) is 6.58. The monoisotopic (exact) mass is 315 g/mol. The van der Waals surface area contributed by atoms with Crippen molar-refractivity contribution in [3.05, 3.63) is 36.2 Å². The number of piperidine rings is 1. The zero-order valence-corrected chi connectivity index (χ0v) is 13.9. The van der Waals surface area contributed by atoms with Crippen molar-refractivity contribution in [2.24, 2.45) is 5.92 Å². The molecule has 0 aliphatic carbocycles. The van der Waals surface area contributed by atoms with Crippen molar-refractivity contribution < 1.29 is 9.26 Å². The first kappa shape index (κ1) is 16.1. The maximum Gasteiger partial charge on any atom is 0.241 e. The van der Waals surface area contributed by atoms with E-state index in [1.807, 2.05) is 30.3 Å². The lowest BCUT2D eigenvalue weighted by Crippen LogP contribution is -2.37. The molecule has 1 aliphatic rings. The minimum absolute atomic E-state index is 0.399. The van der Waals surface area contributed by atoms with Gasteiger partial charge in [0.15, 0.2) is 0 Å². The molecule has 124 valence electrons. The van der Waals surface area contributed by atoms with Gasteiger partial charge in [0.05, 0.1) is 12.6 Å². The van der Waals surface area contributed by atoms with Gasteiger partial charge in [-0.1, -0.05) is 49.3 Å². The fourth-order valence-electron chi connectivity index (χ4n) is 2.78. The SMILES string of the molecule is CC(C)COC1CCN(Cc2nc(-c3ccccc3)no2)CC1. The molecular weight excluding hydrogens is 290 g/mol. The second kappa shape index (κ2) is 7.70. The lowest BCUT2D eigenvalue weighted by atomic mass is 10.1. The molecule has 0 N–H and O–H groups in total. The van der Waals surface area contributed by atoms with Crippen LogP contribution in [0.3, 0.4) is 0 Å². The standard InChI is InChI=1S/C18H25N3O2/c1-14(2)13-22-16-8-10-21(11-9-16)12-17-19-18(20-23-17)15-6-4-3-5-7-15/h3-7,14,16H,8-13H2,1-2H3. The Morgan fingerprint density at radius 3 is 2.65 bits per heavy atom. The average molecular weight is 315 g/mol. The second-order valence-electron chi connectivity index (χ2n) is 6.58.